The molecule has 0 amide bonds. The van der Waals surface area contributed by atoms with Gasteiger partial charge in [-0.05, 0) is 36.8 Å². The van der Waals surface area contributed by atoms with Gasteiger partial charge in [-0.3, -0.25) is 0 Å². The van der Waals surface area contributed by atoms with Gasteiger partial charge in [0.1, 0.15) is 11.4 Å². The summed E-state index contributed by atoms with van der Waals surface area (Å²) < 4.78 is 0. The lowest BCUT2D eigenvalue weighted by molar-refractivity contribution is 0.466. The summed E-state index contributed by atoms with van der Waals surface area (Å²) in [7, 11) is 0. The number of pyridine rings is 1. The van der Waals surface area contributed by atoms with E-state index >= 15 is 0 Å². The highest BCUT2D eigenvalue weighted by Gasteiger charge is 2.27. The molecule has 25 heavy (non-hydrogen) atoms. The summed E-state index contributed by atoms with van der Waals surface area (Å²) >= 11 is 0. The van der Waals surface area contributed by atoms with E-state index in [1.807, 2.05) is 43.6 Å². The van der Waals surface area contributed by atoms with Crippen molar-refractivity contribution in [1.82, 2.24) is 9.97 Å². The smallest absolute Gasteiger partial charge is 0.138 e. The van der Waals surface area contributed by atoms with E-state index in [1.165, 1.54) is 0 Å². The zero-order valence-corrected chi connectivity index (χ0v) is 13.7. The third kappa shape index (κ3) is 2.04. The van der Waals surface area contributed by atoms with Gasteiger partial charge in [-0.2, -0.15) is 0 Å². The number of nitrogens with one attached hydrogen (secondary N) is 2. The van der Waals surface area contributed by atoms with Gasteiger partial charge in [0, 0.05) is 40.2 Å². The number of aromatic nitrogens is 2. The predicted molar refractivity (Wildman–Crippen MR) is 99.8 cm³/mol. The van der Waals surface area contributed by atoms with Gasteiger partial charge < -0.3 is 15.4 Å². The molecule has 5 rings (SSSR count). The third-order valence-electron chi connectivity index (χ3n) is 4.93. The number of benzene rings is 2. The predicted octanol–water partition coefficient (Wildman–Crippen LogP) is 4.76. The van der Waals surface area contributed by atoms with Gasteiger partial charge in [0.2, 0.25) is 0 Å². The van der Waals surface area contributed by atoms with E-state index in [0.717, 1.165) is 44.5 Å². The first kappa shape index (κ1) is 14.1. The summed E-state index contributed by atoms with van der Waals surface area (Å²) in [5.41, 5.74) is 7.29. The largest absolute Gasteiger partial charge is 0.508 e. The first-order valence-electron chi connectivity index (χ1n) is 8.34. The molecule has 1 atom stereocenters. The molecule has 0 spiro atoms. The minimum atomic E-state index is -0.153. The number of phenols is 1. The highest BCUT2D eigenvalue weighted by Crippen LogP contribution is 2.44. The number of para-hydroxylation sites is 1. The number of nitrogens with zero attached hydrogens (tertiary/aromatic N) is 1. The molecule has 122 valence electrons. The van der Waals surface area contributed by atoms with Gasteiger partial charge >= 0.3 is 0 Å². The molecule has 0 saturated heterocycles. The quantitative estimate of drug-likeness (QED) is 0.472. The van der Waals surface area contributed by atoms with Crippen molar-refractivity contribution in [1.29, 1.82) is 0 Å². The number of H-pyrrole nitrogens is 1. The molecule has 1 aliphatic rings. The molecule has 3 N–H and O–H groups in total. The van der Waals surface area contributed by atoms with Gasteiger partial charge in [0.05, 0.1) is 6.04 Å². The Kier molecular flexibility index (Phi) is 2.88. The van der Waals surface area contributed by atoms with Gasteiger partial charge in [0.15, 0.2) is 0 Å². The van der Waals surface area contributed by atoms with Crippen LogP contribution < -0.4 is 5.32 Å². The second-order valence-corrected chi connectivity index (χ2v) is 6.51. The standard InChI is InChI=1S/C21H17N3O/c1-12-6-7-18(25)15(10-12)20-16-11-23-21-19(16)14(8-9-22-21)13-4-2-3-5-17(13)24-20/h2-11,20,24-25H,1H3,(H,22,23). The normalized spacial score (nSPS) is 15.5. The minimum absolute atomic E-state index is 0.153. The number of aryl methyl sites for hydroxylation is 1. The SMILES string of the molecule is Cc1ccc(O)c(C2Nc3ccccc3-c3ccnc4[nH]cc2c34)c1. The van der Waals surface area contributed by atoms with E-state index < -0.39 is 0 Å². The number of aromatic hydroxyl groups is 1. The van der Waals surface area contributed by atoms with Crippen molar-refractivity contribution in [3.8, 4) is 16.9 Å². The van der Waals surface area contributed by atoms with E-state index in [0.29, 0.717) is 5.75 Å². The first-order chi connectivity index (χ1) is 12.2. The Morgan fingerprint density at radius 3 is 2.80 bits per heavy atom. The van der Waals surface area contributed by atoms with Crippen molar-refractivity contribution in [2.24, 2.45) is 0 Å². The molecule has 0 saturated carbocycles. The van der Waals surface area contributed by atoms with Crippen LogP contribution in [0.3, 0.4) is 0 Å². The number of rotatable bonds is 1. The summed E-state index contributed by atoms with van der Waals surface area (Å²) in [6.45, 7) is 2.04. The molecule has 1 unspecified atom stereocenters. The lowest BCUT2D eigenvalue weighted by atomic mass is 9.95. The van der Waals surface area contributed by atoms with Crippen molar-refractivity contribution in [3.05, 3.63) is 77.6 Å². The summed E-state index contributed by atoms with van der Waals surface area (Å²) in [6.07, 6.45) is 3.83. The highest BCUT2D eigenvalue weighted by molar-refractivity contribution is 6.01. The molecular weight excluding hydrogens is 310 g/mol. The second-order valence-electron chi connectivity index (χ2n) is 6.51. The van der Waals surface area contributed by atoms with Crippen LogP contribution in [-0.4, -0.2) is 15.1 Å². The molecular formula is C21H17N3O. The molecule has 0 bridgehead atoms. The van der Waals surface area contributed by atoms with Crippen LogP contribution in [0.2, 0.25) is 0 Å². The van der Waals surface area contributed by atoms with Crippen molar-refractivity contribution < 1.29 is 5.11 Å². The number of hydrogen-bond acceptors (Lipinski definition) is 3. The summed E-state index contributed by atoms with van der Waals surface area (Å²) in [6, 6.07) is 15.9. The van der Waals surface area contributed by atoms with Crippen LogP contribution in [0.25, 0.3) is 22.2 Å². The van der Waals surface area contributed by atoms with Gasteiger partial charge in [-0.25, -0.2) is 4.98 Å². The second kappa shape index (κ2) is 5.11. The summed E-state index contributed by atoms with van der Waals surface area (Å²) in [5.74, 6) is 0.294. The summed E-state index contributed by atoms with van der Waals surface area (Å²) in [4.78, 5) is 7.76. The number of hydrogen-bond donors (Lipinski definition) is 3. The fourth-order valence-corrected chi connectivity index (χ4v) is 3.76. The first-order valence-corrected chi connectivity index (χ1v) is 8.34. The molecule has 2 aromatic carbocycles. The summed E-state index contributed by atoms with van der Waals surface area (Å²) in [5, 5.41) is 15.2. The Morgan fingerprint density at radius 2 is 1.88 bits per heavy atom. The van der Waals surface area contributed by atoms with Crippen molar-refractivity contribution in [3.63, 3.8) is 0 Å². The van der Waals surface area contributed by atoms with Crippen LogP contribution >= 0.6 is 0 Å². The van der Waals surface area contributed by atoms with Crippen molar-refractivity contribution in [2.45, 2.75) is 13.0 Å². The molecule has 4 aromatic rings. The van der Waals surface area contributed by atoms with Crippen LogP contribution in [0, 0.1) is 6.92 Å². The molecule has 4 heteroatoms. The maximum absolute atomic E-state index is 10.5. The van der Waals surface area contributed by atoms with Crippen LogP contribution in [0.1, 0.15) is 22.7 Å². The molecule has 1 aliphatic heterocycles. The van der Waals surface area contributed by atoms with Crippen molar-refractivity contribution >= 4 is 16.7 Å². The lowest BCUT2D eigenvalue weighted by Crippen LogP contribution is -2.11. The van der Waals surface area contributed by atoms with Crippen LogP contribution in [0.5, 0.6) is 5.75 Å². The van der Waals surface area contributed by atoms with E-state index in [9.17, 15) is 5.11 Å². The fraction of sp³-hybridized carbons (Fsp3) is 0.0952. The monoisotopic (exact) mass is 327 g/mol. The zero-order chi connectivity index (χ0) is 17.0. The average molecular weight is 327 g/mol. The molecule has 0 aliphatic carbocycles. The number of phenolic OH excluding ortho intramolecular Hbond substituents is 1. The molecule has 2 aromatic heterocycles. The Labute approximate surface area is 145 Å². The van der Waals surface area contributed by atoms with Crippen molar-refractivity contribution in [2.75, 3.05) is 5.32 Å². The molecule has 4 nitrogen and oxygen atoms in total. The fourth-order valence-electron chi connectivity index (χ4n) is 3.76. The minimum Gasteiger partial charge on any atom is -0.508 e. The van der Waals surface area contributed by atoms with Gasteiger partial charge in [0.25, 0.3) is 0 Å². The maximum atomic E-state index is 10.5. The number of aromatic amines is 1. The Balaban J connectivity index is 1.86. The van der Waals surface area contributed by atoms with Crippen LogP contribution in [0.15, 0.2) is 60.9 Å². The zero-order valence-electron chi connectivity index (χ0n) is 13.7. The van der Waals surface area contributed by atoms with Crippen LogP contribution in [-0.2, 0) is 0 Å². The van der Waals surface area contributed by atoms with E-state index in [4.69, 9.17) is 0 Å². The van der Waals surface area contributed by atoms with E-state index in [-0.39, 0.29) is 6.04 Å². The topological polar surface area (TPSA) is 60.9 Å². The Bertz CT molecular complexity index is 1110. The molecule has 0 fully saturated rings. The number of fused-ring (bicyclic) bond motifs is 2. The third-order valence-corrected chi connectivity index (χ3v) is 4.93. The van der Waals surface area contributed by atoms with Crippen LogP contribution in [0.4, 0.5) is 5.69 Å². The number of anilines is 1. The molecule has 3 heterocycles. The Morgan fingerprint density at radius 1 is 1.00 bits per heavy atom. The van der Waals surface area contributed by atoms with Gasteiger partial charge in [-0.15, -0.1) is 0 Å². The average Bonchev–Trinajstić information content (AvgIpc) is 3.00. The maximum Gasteiger partial charge on any atom is 0.138 e. The highest BCUT2D eigenvalue weighted by atomic mass is 16.3. The van der Waals surface area contributed by atoms with E-state index in [2.05, 4.69) is 33.5 Å². The Hall–Kier alpha value is -3.27. The lowest BCUT2D eigenvalue weighted by Gasteiger charge is -2.21. The van der Waals surface area contributed by atoms with Gasteiger partial charge in [-0.1, -0.05) is 29.8 Å². The molecule has 0 radical (unpaired) electrons. The van der Waals surface area contributed by atoms with E-state index in [1.54, 1.807) is 6.07 Å².